The molecule has 0 saturated heterocycles. The lowest BCUT2D eigenvalue weighted by Gasteiger charge is -2.28. The molecular weight excluding hydrogens is 285 g/mol. The normalized spacial score (nSPS) is 23.0. The molecule has 0 aromatic carbocycles. The highest BCUT2D eigenvalue weighted by Gasteiger charge is 2.32. The maximum Gasteiger partial charge on any atom is 0.433 e. The highest BCUT2D eigenvalue weighted by atomic mass is 19.4. The van der Waals surface area contributed by atoms with Crippen molar-refractivity contribution in [3.8, 4) is 0 Å². The second-order valence-electron chi connectivity index (χ2n) is 5.10. The Balaban J connectivity index is 1.76. The minimum Gasteiger partial charge on any atom is -0.392 e. The van der Waals surface area contributed by atoms with E-state index in [2.05, 4.69) is 20.6 Å². The summed E-state index contributed by atoms with van der Waals surface area (Å²) in [7, 11) is 0. The Bertz CT molecular complexity index is 455. The molecule has 0 aliphatic heterocycles. The fraction of sp³-hybridized carbons (Fsp3) is 0.692. The molecule has 2 atom stereocenters. The van der Waals surface area contributed by atoms with Crippen molar-refractivity contribution in [1.82, 2.24) is 15.3 Å². The van der Waals surface area contributed by atoms with Crippen molar-refractivity contribution in [2.45, 2.75) is 44.0 Å². The van der Waals surface area contributed by atoms with Gasteiger partial charge in [0.15, 0.2) is 0 Å². The van der Waals surface area contributed by atoms with Gasteiger partial charge in [-0.2, -0.15) is 13.2 Å². The minimum absolute atomic E-state index is 0.0455. The molecule has 1 saturated carbocycles. The van der Waals surface area contributed by atoms with Crippen molar-refractivity contribution in [2.75, 3.05) is 18.4 Å². The van der Waals surface area contributed by atoms with Crippen LogP contribution in [0.1, 0.15) is 31.4 Å². The first-order valence-corrected chi connectivity index (χ1v) is 7.02. The summed E-state index contributed by atoms with van der Waals surface area (Å²) in [4.78, 5) is 7.17. The van der Waals surface area contributed by atoms with Crippen molar-refractivity contribution >= 4 is 5.95 Å². The number of anilines is 1. The fourth-order valence-corrected chi connectivity index (χ4v) is 2.38. The summed E-state index contributed by atoms with van der Waals surface area (Å²) in [6.07, 6.45) is 0.0985. The lowest BCUT2D eigenvalue weighted by Crippen LogP contribution is -2.43. The van der Waals surface area contributed by atoms with Crippen LogP contribution in [0.5, 0.6) is 0 Å². The van der Waals surface area contributed by atoms with Gasteiger partial charge in [-0.05, 0) is 18.9 Å². The molecule has 0 bridgehead atoms. The number of aliphatic hydroxyl groups excluding tert-OH is 1. The summed E-state index contributed by atoms with van der Waals surface area (Å²) in [6.45, 7) is 0.922. The van der Waals surface area contributed by atoms with E-state index in [-0.39, 0.29) is 18.1 Å². The molecular formula is C13H19F3N4O. The summed E-state index contributed by atoms with van der Waals surface area (Å²) < 4.78 is 37.5. The van der Waals surface area contributed by atoms with Crippen molar-refractivity contribution in [2.24, 2.45) is 0 Å². The van der Waals surface area contributed by atoms with Gasteiger partial charge in [0.05, 0.1) is 6.10 Å². The molecule has 0 spiro atoms. The van der Waals surface area contributed by atoms with E-state index < -0.39 is 11.9 Å². The zero-order valence-corrected chi connectivity index (χ0v) is 11.5. The van der Waals surface area contributed by atoms with Gasteiger partial charge in [-0.3, -0.25) is 0 Å². The number of nitrogens with one attached hydrogen (secondary N) is 2. The van der Waals surface area contributed by atoms with Gasteiger partial charge in [0, 0.05) is 25.3 Å². The van der Waals surface area contributed by atoms with Gasteiger partial charge in [0.2, 0.25) is 5.95 Å². The third-order valence-corrected chi connectivity index (χ3v) is 3.49. The Morgan fingerprint density at radius 2 is 2.00 bits per heavy atom. The standard InChI is InChI=1S/C13H19F3N4O/c14-13(15,16)11-5-6-18-12(20-11)19-8-7-17-9-3-1-2-4-10(9)21/h5-6,9-10,17,21H,1-4,7-8H2,(H,18,19,20)/t9-,10-/m0/s1. The van der Waals surface area contributed by atoms with Crippen LogP contribution in [-0.2, 0) is 6.18 Å². The predicted octanol–water partition coefficient (Wildman–Crippen LogP) is 1.80. The van der Waals surface area contributed by atoms with Gasteiger partial charge in [-0.15, -0.1) is 0 Å². The van der Waals surface area contributed by atoms with Crippen molar-refractivity contribution < 1.29 is 18.3 Å². The average Bonchev–Trinajstić information content (AvgIpc) is 2.45. The Kier molecular flexibility index (Phi) is 5.35. The lowest BCUT2D eigenvalue weighted by atomic mass is 9.93. The van der Waals surface area contributed by atoms with Crippen molar-refractivity contribution in [1.29, 1.82) is 0 Å². The molecule has 1 aliphatic carbocycles. The van der Waals surface area contributed by atoms with Crippen molar-refractivity contribution in [3.63, 3.8) is 0 Å². The molecule has 0 amide bonds. The zero-order chi connectivity index (χ0) is 15.3. The van der Waals surface area contributed by atoms with Crippen LogP contribution in [0.25, 0.3) is 0 Å². The van der Waals surface area contributed by atoms with E-state index >= 15 is 0 Å². The molecule has 0 unspecified atom stereocenters. The van der Waals surface area contributed by atoms with Crippen LogP contribution in [0.4, 0.5) is 19.1 Å². The van der Waals surface area contributed by atoms with E-state index in [1.165, 1.54) is 0 Å². The van der Waals surface area contributed by atoms with Gasteiger partial charge in [0.25, 0.3) is 0 Å². The monoisotopic (exact) mass is 304 g/mol. The Morgan fingerprint density at radius 1 is 1.24 bits per heavy atom. The number of nitrogens with zero attached hydrogens (tertiary/aromatic N) is 2. The van der Waals surface area contributed by atoms with Crippen molar-refractivity contribution in [3.05, 3.63) is 18.0 Å². The molecule has 21 heavy (non-hydrogen) atoms. The number of rotatable bonds is 5. The maximum absolute atomic E-state index is 12.5. The number of alkyl halides is 3. The van der Waals surface area contributed by atoms with Gasteiger partial charge in [-0.25, -0.2) is 9.97 Å². The highest BCUT2D eigenvalue weighted by Crippen LogP contribution is 2.27. The van der Waals surface area contributed by atoms with Crippen LogP contribution < -0.4 is 10.6 Å². The third kappa shape index (κ3) is 4.82. The van der Waals surface area contributed by atoms with Crippen LogP contribution in [0.3, 0.4) is 0 Å². The van der Waals surface area contributed by atoms with Crippen LogP contribution in [-0.4, -0.2) is 40.3 Å². The first kappa shape index (κ1) is 16.0. The summed E-state index contributed by atoms with van der Waals surface area (Å²) in [5.74, 6) is -0.0455. The van der Waals surface area contributed by atoms with E-state index in [0.717, 1.165) is 37.9 Å². The van der Waals surface area contributed by atoms with Crippen LogP contribution >= 0.6 is 0 Å². The summed E-state index contributed by atoms with van der Waals surface area (Å²) in [5, 5.41) is 15.7. The topological polar surface area (TPSA) is 70.1 Å². The molecule has 1 heterocycles. The average molecular weight is 304 g/mol. The van der Waals surface area contributed by atoms with Gasteiger partial charge in [-0.1, -0.05) is 12.8 Å². The lowest BCUT2D eigenvalue weighted by molar-refractivity contribution is -0.141. The highest BCUT2D eigenvalue weighted by molar-refractivity contribution is 5.25. The SMILES string of the molecule is O[C@H]1CCCC[C@@H]1NCCNc1nccc(C(F)(F)F)n1. The summed E-state index contributed by atoms with van der Waals surface area (Å²) in [5.41, 5.74) is -0.962. The quantitative estimate of drug-likeness (QED) is 0.724. The first-order valence-electron chi connectivity index (χ1n) is 7.02. The molecule has 5 nitrogen and oxygen atoms in total. The van der Waals surface area contributed by atoms with Crippen LogP contribution in [0.15, 0.2) is 12.3 Å². The van der Waals surface area contributed by atoms with Gasteiger partial charge >= 0.3 is 6.18 Å². The maximum atomic E-state index is 12.5. The number of aromatic nitrogens is 2. The fourth-order valence-electron chi connectivity index (χ4n) is 2.38. The second kappa shape index (κ2) is 7.04. The van der Waals surface area contributed by atoms with E-state index in [1.54, 1.807) is 0 Å². The molecule has 1 aromatic heterocycles. The summed E-state index contributed by atoms with van der Waals surface area (Å²) >= 11 is 0. The molecule has 2 rings (SSSR count). The number of halogens is 3. The number of aliphatic hydroxyl groups is 1. The van der Waals surface area contributed by atoms with E-state index in [0.29, 0.717) is 13.1 Å². The van der Waals surface area contributed by atoms with E-state index in [4.69, 9.17) is 0 Å². The minimum atomic E-state index is -4.47. The second-order valence-corrected chi connectivity index (χ2v) is 5.10. The predicted molar refractivity (Wildman–Crippen MR) is 71.8 cm³/mol. The Morgan fingerprint density at radius 3 is 2.71 bits per heavy atom. The largest absolute Gasteiger partial charge is 0.433 e. The van der Waals surface area contributed by atoms with Gasteiger partial charge in [0.1, 0.15) is 5.69 Å². The molecule has 0 radical (unpaired) electrons. The van der Waals surface area contributed by atoms with E-state index in [1.807, 2.05) is 0 Å². The third-order valence-electron chi connectivity index (χ3n) is 3.49. The van der Waals surface area contributed by atoms with Gasteiger partial charge < -0.3 is 15.7 Å². The van der Waals surface area contributed by atoms with E-state index in [9.17, 15) is 18.3 Å². The van der Waals surface area contributed by atoms with Crippen LogP contribution in [0.2, 0.25) is 0 Å². The molecule has 1 fully saturated rings. The summed E-state index contributed by atoms with van der Waals surface area (Å²) in [6, 6.07) is 0.893. The molecule has 1 aliphatic rings. The van der Waals surface area contributed by atoms with Crippen LogP contribution in [0, 0.1) is 0 Å². The first-order chi connectivity index (χ1) is 9.97. The zero-order valence-electron chi connectivity index (χ0n) is 11.5. The molecule has 8 heteroatoms. The molecule has 118 valence electrons. The Hall–Kier alpha value is -1.41. The smallest absolute Gasteiger partial charge is 0.392 e. The molecule has 1 aromatic rings. The Labute approximate surface area is 121 Å². The molecule has 3 N–H and O–H groups in total. The number of hydrogen-bond acceptors (Lipinski definition) is 5. The number of hydrogen-bond donors (Lipinski definition) is 3.